The van der Waals surface area contributed by atoms with Crippen LogP contribution >= 0.6 is 0 Å². The van der Waals surface area contributed by atoms with Crippen molar-refractivity contribution in [2.75, 3.05) is 18.5 Å². The van der Waals surface area contributed by atoms with E-state index in [0.29, 0.717) is 6.61 Å². The predicted octanol–water partition coefficient (Wildman–Crippen LogP) is 3.36. The molecular weight excluding hydrogens is 236 g/mol. The molecule has 0 spiro atoms. The van der Waals surface area contributed by atoms with E-state index in [2.05, 4.69) is 38.2 Å². The summed E-state index contributed by atoms with van der Waals surface area (Å²) >= 11 is 0. The third-order valence-electron chi connectivity index (χ3n) is 3.95. The average molecular weight is 256 g/mol. The van der Waals surface area contributed by atoms with Crippen molar-refractivity contribution < 1.29 is 4.74 Å². The highest BCUT2D eigenvalue weighted by Crippen LogP contribution is 2.33. The fourth-order valence-corrected chi connectivity index (χ4v) is 2.74. The molecular formula is C16H20N2O. The zero-order chi connectivity index (χ0) is 13.4. The second-order valence-corrected chi connectivity index (χ2v) is 5.15. The summed E-state index contributed by atoms with van der Waals surface area (Å²) in [5.41, 5.74) is 7.37. The highest BCUT2D eigenvalue weighted by molar-refractivity contribution is 5.95. The Morgan fingerprint density at radius 3 is 2.95 bits per heavy atom. The van der Waals surface area contributed by atoms with E-state index in [-0.39, 0.29) is 0 Å². The molecule has 19 heavy (non-hydrogen) atoms. The van der Waals surface area contributed by atoms with Gasteiger partial charge in [0, 0.05) is 23.9 Å². The number of hydrogen-bond donors (Lipinski definition) is 1. The Morgan fingerprint density at radius 2 is 2.16 bits per heavy atom. The van der Waals surface area contributed by atoms with Crippen LogP contribution in [-0.4, -0.2) is 18.1 Å². The zero-order valence-corrected chi connectivity index (χ0v) is 11.8. The number of pyridine rings is 1. The summed E-state index contributed by atoms with van der Waals surface area (Å²) in [5, 5.41) is 4.72. The van der Waals surface area contributed by atoms with E-state index < -0.39 is 0 Å². The van der Waals surface area contributed by atoms with Gasteiger partial charge in [0.25, 0.3) is 0 Å². The van der Waals surface area contributed by atoms with E-state index in [4.69, 9.17) is 9.72 Å². The van der Waals surface area contributed by atoms with Crippen LogP contribution in [0.4, 0.5) is 5.69 Å². The van der Waals surface area contributed by atoms with Crippen LogP contribution in [0.3, 0.4) is 0 Å². The van der Waals surface area contributed by atoms with Crippen LogP contribution in [-0.2, 0) is 17.8 Å². The number of benzene rings is 1. The number of ether oxygens (including phenoxy) is 1. The molecule has 0 fully saturated rings. The van der Waals surface area contributed by atoms with Gasteiger partial charge >= 0.3 is 0 Å². The van der Waals surface area contributed by atoms with Crippen molar-refractivity contribution >= 4 is 16.6 Å². The van der Waals surface area contributed by atoms with Gasteiger partial charge in [-0.05, 0) is 31.9 Å². The van der Waals surface area contributed by atoms with Crippen molar-refractivity contribution in [3.63, 3.8) is 0 Å². The predicted molar refractivity (Wildman–Crippen MR) is 78.7 cm³/mol. The quantitative estimate of drug-likeness (QED) is 0.894. The van der Waals surface area contributed by atoms with Gasteiger partial charge in [-0.2, -0.15) is 0 Å². The number of aromatic nitrogens is 1. The molecule has 3 nitrogen and oxygen atoms in total. The lowest BCUT2D eigenvalue weighted by Crippen LogP contribution is -2.15. The fraction of sp³-hybridized carbons (Fsp3) is 0.438. The van der Waals surface area contributed by atoms with Gasteiger partial charge in [0.15, 0.2) is 0 Å². The first kappa shape index (κ1) is 12.4. The van der Waals surface area contributed by atoms with Crippen LogP contribution in [0.2, 0.25) is 0 Å². The monoisotopic (exact) mass is 256 g/mol. The second-order valence-electron chi connectivity index (χ2n) is 5.15. The summed E-state index contributed by atoms with van der Waals surface area (Å²) in [4.78, 5) is 4.90. The standard InChI is InChI=1S/C16H20N2O/c1-4-17-16-12-6-5-10(2)11(3)15(12)18-14-7-8-19-9-13(14)16/h5-6H,4,7-9H2,1-3H3,(H,17,18). The minimum Gasteiger partial charge on any atom is -0.384 e. The maximum Gasteiger partial charge on any atom is 0.0758 e. The third-order valence-corrected chi connectivity index (χ3v) is 3.95. The molecule has 3 rings (SSSR count). The van der Waals surface area contributed by atoms with E-state index in [1.54, 1.807) is 0 Å². The minimum absolute atomic E-state index is 0.674. The molecule has 0 radical (unpaired) electrons. The summed E-state index contributed by atoms with van der Waals surface area (Å²) < 4.78 is 5.61. The van der Waals surface area contributed by atoms with Crippen molar-refractivity contribution in [3.05, 3.63) is 34.5 Å². The van der Waals surface area contributed by atoms with E-state index in [9.17, 15) is 0 Å². The fourth-order valence-electron chi connectivity index (χ4n) is 2.74. The average Bonchev–Trinajstić information content (AvgIpc) is 2.43. The Bertz CT molecular complexity index is 634. The minimum atomic E-state index is 0.674. The maximum absolute atomic E-state index is 5.61. The Balaban J connectivity index is 2.35. The molecule has 0 saturated heterocycles. The summed E-state index contributed by atoms with van der Waals surface area (Å²) in [7, 11) is 0. The maximum atomic E-state index is 5.61. The number of anilines is 1. The molecule has 2 heterocycles. The van der Waals surface area contributed by atoms with Crippen LogP contribution in [0.25, 0.3) is 10.9 Å². The van der Waals surface area contributed by atoms with Crippen LogP contribution in [0.1, 0.15) is 29.3 Å². The molecule has 0 amide bonds. The Labute approximate surface area is 114 Å². The van der Waals surface area contributed by atoms with Crippen LogP contribution < -0.4 is 5.32 Å². The van der Waals surface area contributed by atoms with Gasteiger partial charge in [0.1, 0.15) is 0 Å². The third kappa shape index (κ3) is 1.98. The van der Waals surface area contributed by atoms with Gasteiger partial charge in [0.05, 0.1) is 30.1 Å². The van der Waals surface area contributed by atoms with Gasteiger partial charge in [-0.1, -0.05) is 12.1 Å². The number of aryl methyl sites for hydroxylation is 2. The number of hydrogen-bond acceptors (Lipinski definition) is 3. The molecule has 1 aliphatic rings. The molecule has 2 aromatic rings. The smallest absolute Gasteiger partial charge is 0.0758 e. The number of nitrogens with zero attached hydrogens (tertiary/aromatic N) is 1. The summed E-state index contributed by atoms with van der Waals surface area (Å²) in [5.74, 6) is 0. The first-order valence-corrected chi connectivity index (χ1v) is 6.95. The van der Waals surface area contributed by atoms with Gasteiger partial charge < -0.3 is 10.1 Å². The summed E-state index contributed by atoms with van der Waals surface area (Å²) in [6.07, 6.45) is 0.914. The molecule has 0 bridgehead atoms. The Kier molecular flexibility index (Phi) is 3.15. The van der Waals surface area contributed by atoms with E-state index in [1.165, 1.54) is 33.5 Å². The van der Waals surface area contributed by atoms with Crippen molar-refractivity contribution in [1.82, 2.24) is 4.98 Å². The lowest BCUT2D eigenvalue weighted by Gasteiger charge is -2.22. The van der Waals surface area contributed by atoms with Gasteiger partial charge in [0.2, 0.25) is 0 Å². The zero-order valence-electron chi connectivity index (χ0n) is 11.8. The highest BCUT2D eigenvalue weighted by atomic mass is 16.5. The highest BCUT2D eigenvalue weighted by Gasteiger charge is 2.19. The molecule has 1 aliphatic heterocycles. The molecule has 100 valence electrons. The molecule has 1 aromatic carbocycles. The van der Waals surface area contributed by atoms with Gasteiger partial charge in [-0.25, -0.2) is 0 Å². The Hall–Kier alpha value is -1.61. The molecule has 1 aromatic heterocycles. The normalized spacial score (nSPS) is 14.5. The SMILES string of the molecule is CCNc1c2c(nc3c(C)c(C)ccc13)CCOC2. The van der Waals surface area contributed by atoms with E-state index in [1.807, 2.05) is 0 Å². The molecule has 0 saturated carbocycles. The topological polar surface area (TPSA) is 34.2 Å². The summed E-state index contributed by atoms with van der Waals surface area (Å²) in [6, 6.07) is 4.35. The lowest BCUT2D eigenvalue weighted by atomic mass is 9.99. The number of fused-ring (bicyclic) bond motifs is 2. The first-order valence-electron chi connectivity index (χ1n) is 6.95. The van der Waals surface area contributed by atoms with Crippen molar-refractivity contribution in [2.24, 2.45) is 0 Å². The van der Waals surface area contributed by atoms with E-state index in [0.717, 1.165) is 25.1 Å². The first-order chi connectivity index (χ1) is 9.22. The number of rotatable bonds is 2. The molecule has 3 heteroatoms. The molecule has 1 N–H and O–H groups in total. The summed E-state index contributed by atoms with van der Waals surface area (Å²) in [6.45, 7) is 8.80. The number of nitrogens with one attached hydrogen (secondary N) is 1. The molecule has 0 aliphatic carbocycles. The largest absolute Gasteiger partial charge is 0.384 e. The van der Waals surface area contributed by atoms with Gasteiger partial charge in [-0.15, -0.1) is 0 Å². The van der Waals surface area contributed by atoms with Crippen molar-refractivity contribution in [3.8, 4) is 0 Å². The van der Waals surface area contributed by atoms with Crippen molar-refractivity contribution in [1.29, 1.82) is 0 Å². The molecule has 0 atom stereocenters. The van der Waals surface area contributed by atoms with E-state index >= 15 is 0 Å². The van der Waals surface area contributed by atoms with Crippen LogP contribution in [0, 0.1) is 13.8 Å². The Morgan fingerprint density at radius 1 is 1.32 bits per heavy atom. The van der Waals surface area contributed by atoms with Crippen molar-refractivity contribution in [2.45, 2.75) is 33.8 Å². The molecule has 0 unspecified atom stereocenters. The van der Waals surface area contributed by atoms with Gasteiger partial charge in [-0.3, -0.25) is 4.98 Å². The second kappa shape index (κ2) is 4.82. The van der Waals surface area contributed by atoms with Crippen LogP contribution in [0.5, 0.6) is 0 Å². The lowest BCUT2D eigenvalue weighted by molar-refractivity contribution is 0.110. The van der Waals surface area contributed by atoms with Crippen LogP contribution in [0.15, 0.2) is 12.1 Å².